The van der Waals surface area contributed by atoms with Crippen molar-refractivity contribution in [1.29, 1.82) is 0 Å². The van der Waals surface area contributed by atoms with E-state index in [4.69, 9.17) is 0 Å². The number of benzene rings is 2. The molecule has 132 valence electrons. The van der Waals surface area contributed by atoms with Crippen molar-refractivity contribution < 1.29 is 27.3 Å². The van der Waals surface area contributed by atoms with Crippen molar-refractivity contribution in [3.05, 3.63) is 53.3 Å². The van der Waals surface area contributed by atoms with Crippen molar-refractivity contribution in [2.75, 3.05) is 11.9 Å². The summed E-state index contributed by atoms with van der Waals surface area (Å²) < 4.78 is 56.1. The molecule has 9 heteroatoms. The van der Waals surface area contributed by atoms with Gasteiger partial charge in [0, 0.05) is 13.6 Å². The van der Waals surface area contributed by atoms with E-state index in [0.717, 1.165) is 11.6 Å². The fraction of sp³-hybridized carbons (Fsp3) is 0.250. The van der Waals surface area contributed by atoms with E-state index in [-0.39, 0.29) is 29.0 Å². The van der Waals surface area contributed by atoms with E-state index in [1.54, 1.807) is 24.1 Å². The Hall–Kier alpha value is -2.68. The normalized spacial score (nSPS) is 13.2. The smallest absolute Gasteiger partial charge is 0.379 e. The predicted molar refractivity (Wildman–Crippen MR) is 81.3 cm³/mol. The highest BCUT2D eigenvalue weighted by molar-refractivity contribution is 5.88. The van der Waals surface area contributed by atoms with E-state index in [1.807, 2.05) is 0 Å². The second-order valence-corrected chi connectivity index (χ2v) is 5.60. The molecule has 3 aromatic rings. The Morgan fingerprint density at radius 2 is 1.84 bits per heavy atom. The van der Waals surface area contributed by atoms with Crippen LogP contribution in [0, 0.1) is 5.82 Å². The number of fused-ring (bicyclic) bond motifs is 1. The summed E-state index contributed by atoms with van der Waals surface area (Å²) in [6, 6.07) is 7.99. The third-order valence-electron chi connectivity index (χ3n) is 3.73. The first kappa shape index (κ1) is 17.2. The summed E-state index contributed by atoms with van der Waals surface area (Å²) in [5.41, 5.74) is 1.05. The van der Waals surface area contributed by atoms with Crippen LogP contribution in [0.4, 0.5) is 23.2 Å². The maximum atomic E-state index is 13.0. The summed E-state index contributed by atoms with van der Waals surface area (Å²) in [6.45, 7) is 0.286. The van der Waals surface area contributed by atoms with Crippen LogP contribution in [-0.2, 0) is 6.54 Å². The first-order valence-electron chi connectivity index (χ1n) is 7.22. The fourth-order valence-electron chi connectivity index (χ4n) is 2.48. The van der Waals surface area contributed by atoms with Crippen LogP contribution in [-0.4, -0.2) is 28.6 Å². The Balaban J connectivity index is 1.99. The van der Waals surface area contributed by atoms with Gasteiger partial charge in [0.2, 0.25) is 0 Å². The zero-order valence-corrected chi connectivity index (χ0v) is 13.0. The van der Waals surface area contributed by atoms with Gasteiger partial charge in [0.1, 0.15) is 11.3 Å². The van der Waals surface area contributed by atoms with Crippen LogP contribution in [0.3, 0.4) is 0 Å². The van der Waals surface area contributed by atoms with Crippen molar-refractivity contribution >= 4 is 16.7 Å². The van der Waals surface area contributed by atoms with Crippen molar-refractivity contribution in [2.24, 2.45) is 0 Å². The third kappa shape index (κ3) is 3.55. The van der Waals surface area contributed by atoms with Crippen molar-refractivity contribution in [3.8, 4) is 0 Å². The van der Waals surface area contributed by atoms with E-state index in [2.05, 4.69) is 14.9 Å². The van der Waals surface area contributed by atoms with Crippen LogP contribution < -0.4 is 4.90 Å². The molecule has 0 amide bonds. The zero-order valence-electron chi connectivity index (χ0n) is 13.0. The van der Waals surface area contributed by atoms with Gasteiger partial charge in [0.05, 0.1) is 5.69 Å². The number of nitrogens with zero attached hydrogens (tertiary/aromatic N) is 3. The summed E-state index contributed by atoms with van der Waals surface area (Å²) in [6.07, 6.45) is -7.45. The minimum absolute atomic E-state index is 0.0988. The van der Waals surface area contributed by atoms with Crippen LogP contribution >= 0.6 is 0 Å². The van der Waals surface area contributed by atoms with Gasteiger partial charge in [-0.1, -0.05) is 12.1 Å². The lowest BCUT2D eigenvalue weighted by molar-refractivity contribution is -0.206. The fourth-order valence-corrected chi connectivity index (χ4v) is 2.48. The standard InChI is InChI=1S/C16H13F4N3O2/c1-23(8-9-2-4-11(17)5-3-9)13-7-10(15(24)16(18,19)20)6-12-14(13)22-25-21-12/h2-7,15,24H,8H2,1H3. The SMILES string of the molecule is CN(Cc1ccc(F)cc1)c1cc(C(O)C(F)(F)F)cc2nonc12. The number of hydrogen-bond donors (Lipinski definition) is 1. The minimum Gasteiger partial charge on any atom is -0.379 e. The number of hydrogen-bond acceptors (Lipinski definition) is 5. The highest BCUT2D eigenvalue weighted by Gasteiger charge is 2.40. The summed E-state index contributed by atoms with van der Waals surface area (Å²) in [7, 11) is 1.64. The van der Waals surface area contributed by atoms with Crippen molar-refractivity contribution in [3.63, 3.8) is 0 Å². The molecule has 2 aromatic carbocycles. The maximum Gasteiger partial charge on any atom is 0.418 e. The number of halogens is 4. The Morgan fingerprint density at radius 3 is 2.48 bits per heavy atom. The van der Waals surface area contributed by atoms with Crippen LogP contribution in [0.2, 0.25) is 0 Å². The van der Waals surface area contributed by atoms with E-state index in [1.165, 1.54) is 18.2 Å². The van der Waals surface area contributed by atoms with E-state index < -0.39 is 12.3 Å². The van der Waals surface area contributed by atoms with E-state index >= 15 is 0 Å². The summed E-state index contributed by atoms with van der Waals surface area (Å²) in [4.78, 5) is 1.62. The highest BCUT2D eigenvalue weighted by Crippen LogP contribution is 2.36. The lowest BCUT2D eigenvalue weighted by Gasteiger charge is -2.22. The Kier molecular flexibility index (Phi) is 4.34. The van der Waals surface area contributed by atoms with Crippen molar-refractivity contribution in [1.82, 2.24) is 10.3 Å². The molecule has 0 bridgehead atoms. The number of aromatic nitrogens is 2. The van der Waals surface area contributed by atoms with Gasteiger partial charge < -0.3 is 10.0 Å². The van der Waals surface area contributed by atoms with Crippen LogP contribution in [0.1, 0.15) is 17.2 Å². The van der Waals surface area contributed by atoms with E-state index in [0.29, 0.717) is 5.69 Å². The summed E-state index contributed by atoms with van der Waals surface area (Å²) in [5.74, 6) is -0.384. The van der Waals surface area contributed by atoms with Gasteiger partial charge in [-0.2, -0.15) is 13.2 Å². The lowest BCUT2D eigenvalue weighted by Crippen LogP contribution is -2.21. The summed E-state index contributed by atoms with van der Waals surface area (Å²) in [5, 5.41) is 16.8. The molecule has 1 unspecified atom stereocenters. The molecular formula is C16H13F4N3O2. The van der Waals surface area contributed by atoms with Gasteiger partial charge in [-0.3, -0.25) is 0 Å². The number of alkyl halides is 3. The molecule has 0 spiro atoms. The van der Waals surface area contributed by atoms with Gasteiger partial charge in [-0.05, 0) is 45.7 Å². The molecule has 1 N–H and O–H groups in total. The number of aliphatic hydroxyl groups excluding tert-OH is 1. The number of rotatable bonds is 4. The molecule has 5 nitrogen and oxygen atoms in total. The predicted octanol–water partition coefficient (Wildman–Crippen LogP) is 3.59. The molecule has 0 aliphatic rings. The molecular weight excluding hydrogens is 342 g/mol. The Bertz CT molecular complexity index is 877. The van der Waals surface area contributed by atoms with Gasteiger partial charge in [0.15, 0.2) is 11.6 Å². The number of aliphatic hydroxyl groups is 1. The van der Waals surface area contributed by atoms with Gasteiger partial charge >= 0.3 is 6.18 Å². The number of anilines is 1. The monoisotopic (exact) mass is 355 g/mol. The molecule has 25 heavy (non-hydrogen) atoms. The molecule has 1 heterocycles. The molecule has 0 radical (unpaired) electrons. The van der Waals surface area contributed by atoms with Gasteiger partial charge in [-0.25, -0.2) is 9.02 Å². The Labute approximate surface area is 139 Å². The summed E-state index contributed by atoms with van der Waals surface area (Å²) >= 11 is 0. The second kappa shape index (κ2) is 6.32. The molecule has 0 fully saturated rings. The third-order valence-corrected chi connectivity index (χ3v) is 3.73. The van der Waals surface area contributed by atoms with Crippen LogP contribution in [0.15, 0.2) is 41.0 Å². The molecule has 0 saturated heterocycles. The maximum absolute atomic E-state index is 13.0. The lowest BCUT2D eigenvalue weighted by atomic mass is 10.1. The minimum atomic E-state index is -4.81. The van der Waals surface area contributed by atoms with E-state index in [9.17, 15) is 22.7 Å². The van der Waals surface area contributed by atoms with Crippen molar-refractivity contribution in [2.45, 2.75) is 18.8 Å². The first-order valence-corrected chi connectivity index (χ1v) is 7.22. The largest absolute Gasteiger partial charge is 0.418 e. The molecule has 0 aliphatic heterocycles. The molecule has 1 atom stereocenters. The topological polar surface area (TPSA) is 62.4 Å². The second-order valence-electron chi connectivity index (χ2n) is 5.60. The van der Waals surface area contributed by atoms with Crippen LogP contribution in [0.5, 0.6) is 0 Å². The zero-order chi connectivity index (χ0) is 18.2. The van der Waals surface area contributed by atoms with Gasteiger partial charge in [-0.15, -0.1) is 0 Å². The average Bonchev–Trinajstić information content (AvgIpc) is 3.02. The Morgan fingerprint density at radius 1 is 1.16 bits per heavy atom. The quantitative estimate of drug-likeness (QED) is 0.725. The highest BCUT2D eigenvalue weighted by atomic mass is 19.4. The first-order chi connectivity index (χ1) is 11.8. The average molecular weight is 355 g/mol. The molecule has 3 rings (SSSR count). The van der Waals surface area contributed by atoms with Gasteiger partial charge in [0.25, 0.3) is 0 Å². The molecule has 0 saturated carbocycles. The van der Waals surface area contributed by atoms with Crippen LogP contribution in [0.25, 0.3) is 11.0 Å². The molecule has 1 aromatic heterocycles. The molecule has 0 aliphatic carbocycles.